The first-order chi connectivity index (χ1) is 6.24. The Morgan fingerprint density at radius 1 is 1.46 bits per heavy atom. The summed E-state index contributed by atoms with van der Waals surface area (Å²) in [7, 11) is 2.03. The van der Waals surface area contributed by atoms with E-state index < -0.39 is 0 Å². The van der Waals surface area contributed by atoms with Crippen molar-refractivity contribution in [1.82, 2.24) is 4.90 Å². The lowest BCUT2D eigenvalue weighted by Crippen LogP contribution is -2.18. The van der Waals surface area contributed by atoms with Gasteiger partial charge in [-0.3, -0.25) is 4.90 Å². The van der Waals surface area contributed by atoms with Crippen molar-refractivity contribution in [2.75, 3.05) is 13.6 Å². The third kappa shape index (κ3) is 3.37. The molecule has 0 radical (unpaired) electrons. The summed E-state index contributed by atoms with van der Waals surface area (Å²) in [6, 6.07) is 8.35. The van der Waals surface area contributed by atoms with Gasteiger partial charge in [0, 0.05) is 10.1 Å². The van der Waals surface area contributed by atoms with Gasteiger partial charge in [0.25, 0.3) is 0 Å². The van der Waals surface area contributed by atoms with Crippen LogP contribution in [0.4, 0.5) is 0 Å². The predicted molar refractivity (Wildman–Crippen MR) is 64.3 cm³/mol. The molecule has 0 bridgehead atoms. The van der Waals surface area contributed by atoms with Crippen molar-refractivity contribution in [2.24, 2.45) is 0 Å². The van der Waals surface area contributed by atoms with E-state index in [4.69, 9.17) is 6.42 Å². The summed E-state index contributed by atoms with van der Waals surface area (Å²) < 4.78 is 1.30. The highest BCUT2D eigenvalue weighted by atomic mass is 127. The summed E-state index contributed by atoms with van der Waals surface area (Å²) in [5.74, 6) is 2.63. The van der Waals surface area contributed by atoms with Gasteiger partial charge in [-0.2, -0.15) is 0 Å². The van der Waals surface area contributed by atoms with Crippen LogP contribution in [0.1, 0.15) is 5.56 Å². The molecule has 1 rings (SSSR count). The SMILES string of the molecule is C#CCN(C)Cc1ccccc1I. The van der Waals surface area contributed by atoms with Gasteiger partial charge >= 0.3 is 0 Å². The minimum Gasteiger partial charge on any atom is -0.291 e. The van der Waals surface area contributed by atoms with E-state index in [1.165, 1.54) is 9.13 Å². The van der Waals surface area contributed by atoms with Crippen molar-refractivity contribution < 1.29 is 0 Å². The topological polar surface area (TPSA) is 3.24 Å². The molecule has 0 aliphatic rings. The normalized spacial score (nSPS) is 10.0. The van der Waals surface area contributed by atoms with Crippen LogP contribution >= 0.6 is 22.6 Å². The molecule has 0 unspecified atom stereocenters. The van der Waals surface area contributed by atoms with Crippen molar-refractivity contribution >= 4 is 22.6 Å². The van der Waals surface area contributed by atoms with Crippen LogP contribution in [0.2, 0.25) is 0 Å². The van der Waals surface area contributed by atoms with Gasteiger partial charge in [0.2, 0.25) is 0 Å². The van der Waals surface area contributed by atoms with E-state index in [1.807, 2.05) is 13.1 Å². The highest BCUT2D eigenvalue weighted by Gasteiger charge is 2.01. The Balaban J connectivity index is 2.64. The van der Waals surface area contributed by atoms with Gasteiger partial charge in [-0.1, -0.05) is 24.1 Å². The molecular weight excluding hydrogens is 273 g/mol. The minimum atomic E-state index is 0.699. The zero-order valence-corrected chi connectivity index (χ0v) is 9.78. The number of terminal acetylenes is 1. The first-order valence-electron chi connectivity index (χ1n) is 4.09. The lowest BCUT2D eigenvalue weighted by molar-refractivity contribution is 0.368. The lowest BCUT2D eigenvalue weighted by Gasteiger charge is -2.13. The van der Waals surface area contributed by atoms with Crippen LogP contribution in [-0.4, -0.2) is 18.5 Å². The minimum absolute atomic E-state index is 0.699. The summed E-state index contributed by atoms with van der Waals surface area (Å²) in [6.45, 7) is 1.62. The molecule has 0 aliphatic carbocycles. The second-order valence-electron chi connectivity index (χ2n) is 2.97. The molecular formula is C11H12IN. The summed E-state index contributed by atoms with van der Waals surface area (Å²) in [6.07, 6.45) is 5.23. The van der Waals surface area contributed by atoms with Gasteiger partial charge in [-0.05, 0) is 41.3 Å². The molecule has 0 atom stereocenters. The average Bonchev–Trinajstić information content (AvgIpc) is 2.09. The Morgan fingerprint density at radius 3 is 2.77 bits per heavy atom. The molecule has 0 aliphatic heterocycles. The van der Waals surface area contributed by atoms with E-state index in [2.05, 4.69) is 51.6 Å². The summed E-state index contributed by atoms with van der Waals surface area (Å²) >= 11 is 2.34. The molecule has 2 heteroatoms. The van der Waals surface area contributed by atoms with E-state index in [-0.39, 0.29) is 0 Å². The van der Waals surface area contributed by atoms with Crippen LogP contribution in [0.3, 0.4) is 0 Å². The molecule has 0 spiro atoms. The predicted octanol–water partition coefficient (Wildman–Crippen LogP) is 2.36. The van der Waals surface area contributed by atoms with Crippen LogP contribution in [0.5, 0.6) is 0 Å². The van der Waals surface area contributed by atoms with E-state index in [9.17, 15) is 0 Å². The molecule has 0 N–H and O–H groups in total. The van der Waals surface area contributed by atoms with Crippen LogP contribution in [0.15, 0.2) is 24.3 Å². The van der Waals surface area contributed by atoms with Crippen molar-refractivity contribution in [2.45, 2.75) is 6.54 Å². The van der Waals surface area contributed by atoms with Gasteiger partial charge in [0.1, 0.15) is 0 Å². The van der Waals surface area contributed by atoms with Gasteiger partial charge in [-0.25, -0.2) is 0 Å². The Hall–Kier alpha value is -0.530. The number of hydrogen-bond acceptors (Lipinski definition) is 1. The fraction of sp³-hybridized carbons (Fsp3) is 0.273. The van der Waals surface area contributed by atoms with E-state index in [0.29, 0.717) is 6.54 Å². The van der Waals surface area contributed by atoms with Crippen LogP contribution in [0.25, 0.3) is 0 Å². The van der Waals surface area contributed by atoms with Crippen molar-refractivity contribution in [1.29, 1.82) is 0 Å². The van der Waals surface area contributed by atoms with Crippen molar-refractivity contribution in [3.63, 3.8) is 0 Å². The van der Waals surface area contributed by atoms with E-state index in [0.717, 1.165) is 6.54 Å². The highest BCUT2D eigenvalue weighted by molar-refractivity contribution is 14.1. The monoisotopic (exact) mass is 285 g/mol. The fourth-order valence-electron chi connectivity index (χ4n) is 1.13. The number of hydrogen-bond donors (Lipinski definition) is 0. The maximum Gasteiger partial charge on any atom is 0.0599 e. The molecule has 0 fully saturated rings. The molecule has 0 aromatic heterocycles. The van der Waals surface area contributed by atoms with Crippen LogP contribution < -0.4 is 0 Å². The largest absolute Gasteiger partial charge is 0.291 e. The number of rotatable bonds is 3. The standard InChI is InChI=1S/C11H12IN/c1-3-8-13(2)9-10-6-4-5-7-11(10)12/h1,4-7H,8-9H2,2H3. The van der Waals surface area contributed by atoms with E-state index in [1.54, 1.807) is 0 Å². The molecule has 0 saturated carbocycles. The fourth-order valence-corrected chi connectivity index (χ4v) is 1.69. The Labute approximate surface area is 93.3 Å². The summed E-state index contributed by atoms with van der Waals surface area (Å²) in [5.41, 5.74) is 1.33. The number of benzene rings is 1. The molecule has 0 amide bonds. The second-order valence-corrected chi connectivity index (χ2v) is 4.13. The Kier molecular flexibility index (Phi) is 4.26. The first kappa shape index (κ1) is 10.6. The maximum absolute atomic E-state index is 5.23. The number of halogens is 1. The first-order valence-corrected chi connectivity index (χ1v) is 5.17. The molecule has 1 aromatic carbocycles. The van der Waals surface area contributed by atoms with Gasteiger partial charge < -0.3 is 0 Å². The molecule has 1 aromatic rings. The summed E-state index contributed by atoms with van der Waals surface area (Å²) in [5, 5.41) is 0. The van der Waals surface area contributed by atoms with Gasteiger partial charge in [0.15, 0.2) is 0 Å². The highest BCUT2D eigenvalue weighted by Crippen LogP contribution is 2.12. The molecule has 0 saturated heterocycles. The third-order valence-electron chi connectivity index (χ3n) is 1.76. The maximum atomic E-state index is 5.23. The van der Waals surface area contributed by atoms with Crippen molar-refractivity contribution in [3.05, 3.63) is 33.4 Å². The molecule has 0 heterocycles. The third-order valence-corrected chi connectivity index (χ3v) is 2.81. The Morgan fingerprint density at radius 2 is 2.15 bits per heavy atom. The average molecular weight is 285 g/mol. The number of nitrogens with zero attached hydrogens (tertiary/aromatic N) is 1. The van der Waals surface area contributed by atoms with Crippen molar-refractivity contribution in [3.8, 4) is 12.3 Å². The second kappa shape index (κ2) is 5.25. The van der Waals surface area contributed by atoms with Gasteiger partial charge in [-0.15, -0.1) is 6.42 Å². The molecule has 1 nitrogen and oxygen atoms in total. The van der Waals surface area contributed by atoms with Gasteiger partial charge in [0.05, 0.1) is 6.54 Å². The zero-order chi connectivity index (χ0) is 9.68. The smallest absolute Gasteiger partial charge is 0.0599 e. The molecule has 13 heavy (non-hydrogen) atoms. The Bertz CT molecular complexity index is 314. The molecule has 68 valence electrons. The van der Waals surface area contributed by atoms with E-state index >= 15 is 0 Å². The quantitative estimate of drug-likeness (QED) is 0.608. The summed E-state index contributed by atoms with van der Waals surface area (Å²) in [4.78, 5) is 2.12. The van der Waals surface area contributed by atoms with Crippen LogP contribution in [0, 0.1) is 15.9 Å². The van der Waals surface area contributed by atoms with Crippen LogP contribution in [-0.2, 0) is 6.54 Å². The zero-order valence-electron chi connectivity index (χ0n) is 7.63. The lowest BCUT2D eigenvalue weighted by atomic mass is 10.2.